The van der Waals surface area contributed by atoms with Gasteiger partial charge in [0, 0.05) is 6.54 Å². The molecule has 2 aliphatic rings. The highest BCUT2D eigenvalue weighted by molar-refractivity contribution is 7.99. The van der Waals surface area contributed by atoms with Gasteiger partial charge in [0.1, 0.15) is 29.9 Å². The molecule has 2 heterocycles. The van der Waals surface area contributed by atoms with Crippen molar-refractivity contribution in [3.8, 4) is 0 Å². The number of nitrogens with one attached hydrogen (secondary N) is 1. The monoisotopic (exact) mass is 424 g/mol. The second-order valence-corrected chi connectivity index (χ2v) is 9.36. The fraction of sp³-hybridized carbons (Fsp3) is 0.944. The lowest BCUT2D eigenvalue weighted by atomic mass is 9.92. The van der Waals surface area contributed by atoms with E-state index in [9.17, 15) is 20.1 Å². The van der Waals surface area contributed by atoms with Crippen LogP contribution < -0.4 is 5.32 Å². The Hall–Kier alpha value is -0.0900. The zero-order valence-electron chi connectivity index (χ0n) is 16.4. The number of nitrogens with zero attached hydrogens (tertiary/aromatic N) is 1. The number of hydrogen-bond acceptors (Lipinski definition) is 7. The molecule has 0 aromatic heterocycles. The highest BCUT2D eigenvalue weighted by Crippen LogP contribution is 2.31. The predicted molar refractivity (Wildman–Crippen MR) is 107 cm³/mol. The molecule has 2 fully saturated rings. The summed E-state index contributed by atoms with van der Waals surface area (Å²) in [6, 6.07) is -0.934. The summed E-state index contributed by atoms with van der Waals surface area (Å²) < 4.78 is 5.79. The van der Waals surface area contributed by atoms with Crippen molar-refractivity contribution >= 4 is 29.3 Å². The Kier molecular flexibility index (Phi) is 8.67. The smallest absolute Gasteiger partial charge is 0.237 e. The molecule has 0 aromatic rings. The third-order valence-electron chi connectivity index (χ3n) is 5.63. The minimum atomic E-state index is -1.36. The first-order chi connectivity index (χ1) is 12.7. The normalized spacial score (nSPS) is 39.9. The number of aliphatic hydroxyl groups excluding tert-OH is 3. The summed E-state index contributed by atoms with van der Waals surface area (Å²) in [5.74, 6) is 0.350. The molecule has 2 aliphatic heterocycles. The van der Waals surface area contributed by atoms with Crippen LogP contribution in [-0.4, -0.2) is 93.3 Å². The zero-order chi connectivity index (χ0) is 20.3. The van der Waals surface area contributed by atoms with Gasteiger partial charge >= 0.3 is 0 Å². The molecule has 158 valence electrons. The fourth-order valence-corrected chi connectivity index (χ4v) is 5.00. The van der Waals surface area contributed by atoms with E-state index in [-0.39, 0.29) is 11.9 Å². The number of thioether (sulfide) groups is 1. The van der Waals surface area contributed by atoms with Crippen molar-refractivity contribution in [2.75, 3.05) is 19.8 Å². The summed E-state index contributed by atoms with van der Waals surface area (Å²) in [6.45, 7) is 4.74. The molecular weight excluding hydrogens is 392 g/mol. The number of carbonyl (C=O) groups is 1. The Balaban J connectivity index is 2.09. The summed E-state index contributed by atoms with van der Waals surface area (Å²) in [6.07, 6.45) is -0.0980. The van der Waals surface area contributed by atoms with Gasteiger partial charge in [-0.2, -0.15) is 0 Å². The molecule has 0 saturated carbocycles. The Morgan fingerprint density at radius 1 is 1.33 bits per heavy atom. The maximum atomic E-state index is 12.9. The number of likely N-dealkylation sites (N-methyl/N-ethyl adjacent to an activating group) is 1. The fourth-order valence-electron chi connectivity index (χ4n) is 4.11. The van der Waals surface area contributed by atoms with Crippen LogP contribution >= 0.6 is 23.4 Å². The van der Waals surface area contributed by atoms with Gasteiger partial charge in [-0.25, -0.2) is 0 Å². The van der Waals surface area contributed by atoms with Gasteiger partial charge in [0.2, 0.25) is 5.91 Å². The molecule has 27 heavy (non-hydrogen) atoms. The highest BCUT2D eigenvalue weighted by Gasteiger charge is 2.48. The number of rotatable bonds is 7. The predicted octanol–water partition coefficient (Wildman–Crippen LogP) is 0.390. The third-order valence-corrected chi connectivity index (χ3v) is 6.76. The van der Waals surface area contributed by atoms with E-state index in [1.807, 2.05) is 11.9 Å². The zero-order valence-corrected chi connectivity index (χ0v) is 18.0. The number of amides is 1. The molecule has 0 aliphatic carbocycles. The third kappa shape index (κ3) is 5.29. The molecule has 0 spiro atoms. The summed E-state index contributed by atoms with van der Waals surface area (Å²) >= 11 is 7.55. The largest absolute Gasteiger partial charge is 0.388 e. The maximum absolute atomic E-state index is 12.9. The van der Waals surface area contributed by atoms with Gasteiger partial charge in [-0.15, -0.1) is 23.4 Å². The second-order valence-electron chi connectivity index (χ2n) is 7.73. The summed E-state index contributed by atoms with van der Waals surface area (Å²) in [4.78, 5) is 14.9. The van der Waals surface area contributed by atoms with Gasteiger partial charge in [0.05, 0.1) is 17.5 Å². The van der Waals surface area contributed by atoms with Crippen LogP contribution in [0.2, 0.25) is 0 Å². The molecule has 4 unspecified atom stereocenters. The van der Waals surface area contributed by atoms with E-state index >= 15 is 0 Å². The number of carbonyl (C=O) groups excluding carboxylic acids is 1. The van der Waals surface area contributed by atoms with Crippen molar-refractivity contribution in [3.05, 3.63) is 0 Å². The van der Waals surface area contributed by atoms with Crippen LogP contribution in [0.3, 0.4) is 0 Å². The Labute approximate surface area is 170 Å². The van der Waals surface area contributed by atoms with Crippen LogP contribution in [0, 0.1) is 5.92 Å². The number of aliphatic hydroxyl groups is 3. The van der Waals surface area contributed by atoms with Crippen molar-refractivity contribution in [1.29, 1.82) is 0 Å². The minimum absolute atomic E-state index is 0.147. The minimum Gasteiger partial charge on any atom is -0.388 e. The first kappa shape index (κ1) is 23.2. The van der Waals surface area contributed by atoms with Gasteiger partial charge < -0.3 is 25.4 Å². The van der Waals surface area contributed by atoms with Crippen molar-refractivity contribution in [1.82, 2.24) is 10.2 Å². The highest BCUT2D eigenvalue weighted by atomic mass is 35.5. The van der Waals surface area contributed by atoms with E-state index in [4.69, 9.17) is 16.3 Å². The van der Waals surface area contributed by atoms with Gasteiger partial charge in [0.15, 0.2) is 0 Å². The Morgan fingerprint density at radius 3 is 2.56 bits per heavy atom. The van der Waals surface area contributed by atoms with Crippen LogP contribution in [0.25, 0.3) is 0 Å². The van der Waals surface area contributed by atoms with Crippen molar-refractivity contribution < 1.29 is 24.9 Å². The van der Waals surface area contributed by atoms with E-state index in [1.165, 1.54) is 11.8 Å². The summed E-state index contributed by atoms with van der Waals surface area (Å²) in [7, 11) is 1.94. The van der Waals surface area contributed by atoms with Gasteiger partial charge in [-0.1, -0.05) is 13.3 Å². The molecular formula is C18H33ClN2O5S. The number of likely N-dealkylation sites (tertiary alicyclic amines) is 1. The van der Waals surface area contributed by atoms with Gasteiger partial charge in [-0.3, -0.25) is 9.69 Å². The number of halogens is 1. The van der Waals surface area contributed by atoms with Crippen molar-refractivity contribution in [2.45, 2.75) is 80.4 Å². The number of hydrogen-bond donors (Lipinski definition) is 4. The lowest BCUT2D eigenvalue weighted by Gasteiger charge is -2.44. The molecule has 0 radical (unpaired) electrons. The maximum Gasteiger partial charge on any atom is 0.237 e. The summed E-state index contributed by atoms with van der Waals surface area (Å²) in [5, 5.41) is 33.0. The second kappa shape index (κ2) is 10.1. The SMILES string of the molecule is CCC[C@H]1C[C@@H](C(=O)NC(C(C)Cl)C2O[C@H](SC)C(O)[C@H](O)[C@H]2O)N(C)C1. The van der Waals surface area contributed by atoms with Crippen LogP contribution in [0.1, 0.15) is 33.1 Å². The van der Waals surface area contributed by atoms with Gasteiger partial charge in [0.25, 0.3) is 0 Å². The van der Waals surface area contributed by atoms with Gasteiger partial charge in [-0.05, 0) is 39.0 Å². The number of alkyl halides is 1. The molecule has 0 aromatic carbocycles. The van der Waals surface area contributed by atoms with Crippen LogP contribution in [0.4, 0.5) is 0 Å². The average molecular weight is 425 g/mol. The first-order valence-electron chi connectivity index (χ1n) is 9.58. The topological polar surface area (TPSA) is 102 Å². The lowest BCUT2D eigenvalue weighted by Crippen LogP contribution is -2.65. The first-order valence-corrected chi connectivity index (χ1v) is 11.3. The van der Waals surface area contributed by atoms with Crippen LogP contribution in [0.5, 0.6) is 0 Å². The van der Waals surface area contributed by atoms with E-state index in [0.717, 1.165) is 25.8 Å². The Bertz CT molecular complexity index is 498. The quantitative estimate of drug-likeness (QED) is 0.438. The summed E-state index contributed by atoms with van der Waals surface area (Å²) in [5.41, 5.74) is -0.702. The number of ether oxygens (including phenoxy) is 1. The molecule has 9 heteroatoms. The lowest BCUT2D eigenvalue weighted by molar-refractivity contribution is -0.205. The average Bonchev–Trinajstić information content (AvgIpc) is 2.99. The van der Waals surface area contributed by atoms with E-state index < -0.39 is 41.3 Å². The molecule has 2 saturated heterocycles. The van der Waals surface area contributed by atoms with E-state index in [1.54, 1.807) is 13.2 Å². The van der Waals surface area contributed by atoms with Crippen molar-refractivity contribution in [2.24, 2.45) is 5.92 Å². The molecule has 1 amide bonds. The van der Waals surface area contributed by atoms with E-state index in [0.29, 0.717) is 5.92 Å². The molecule has 0 bridgehead atoms. The van der Waals surface area contributed by atoms with Crippen molar-refractivity contribution in [3.63, 3.8) is 0 Å². The molecule has 9 atom stereocenters. The standard InChI is InChI=1S/C18H33ClN2O5S/c1-5-6-10-7-11(21(3)8-10)17(25)20-12(9(2)19)16-14(23)13(22)15(24)18(26-16)27-4/h9-16,18,22-24H,5-8H2,1-4H3,(H,20,25)/t9?,10-,11-,12?,13+,14+,15?,16?,18+/m0/s1. The molecule has 4 N–H and O–H groups in total. The molecule has 7 nitrogen and oxygen atoms in total. The molecule has 2 rings (SSSR count). The van der Waals surface area contributed by atoms with Crippen LogP contribution in [0.15, 0.2) is 0 Å². The van der Waals surface area contributed by atoms with Crippen LogP contribution in [-0.2, 0) is 9.53 Å². The Morgan fingerprint density at radius 2 is 2.00 bits per heavy atom. The van der Waals surface area contributed by atoms with E-state index in [2.05, 4.69) is 12.2 Å².